The van der Waals surface area contributed by atoms with E-state index in [1.165, 1.54) is 28.7 Å². The number of H-pyrrole nitrogens is 1. The number of rotatable bonds is 6. The lowest BCUT2D eigenvalue weighted by molar-refractivity contribution is 0.102. The lowest BCUT2D eigenvalue weighted by Gasteiger charge is -2.06. The molecule has 0 aliphatic heterocycles. The summed E-state index contributed by atoms with van der Waals surface area (Å²) in [6.45, 7) is 4.31. The Labute approximate surface area is 187 Å². The Kier molecular flexibility index (Phi) is 6.09. The number of benzene rings is 2. The summed E-state index contributed by atoms with van der Waals surface area (Å²) in [6, 6.07) is 15.0. The van der Waals surface area contributed by atoms with Crippen LogP contribution in [0.1, 0.15) is 35.7 Å². The number of carbonyl (C=O) groups excluding carboxylic acids is 1. The van der Waals surface area contributed by atoms with Gasteiger partial charge in [-0.25, -0.2) is 4.98 Å². The number of halogens is 1. The number of nitrogens with one attached hydrogen (secondary N) is 1. The molecule has 0 atom stereocenters. The number of hydrogen-bond donors (Lipinski definition) is 1. The number of hydrogen-bond acceptors (Lipinski definition) is 5. The highest BCUT2D eigenvalue weighted by Gasteiger charge is 2.15. The minimum absolute atomic E-state index is 0.0449. The molecule has 4 nitrogen and oxygen atoms in total. The van der Waals surface area contributed by atoms with Gasteiger partial charge >= 0.3 is 0 Å². The van der Waals surface area contributed by atoms with Crippen molar-refractivity contribution in [2.24, 2.45) is 0 Å². The maximum absolute atomic E-state index is 12.8. The van der Waals surface area contributed by atoms with Crippen molar-refractivity contribution >= 4 is 50.7 Å². The fourth-order valence-corrected chi connectivity index (χ4v) is 5.00. The standard InChI is InChI=1S/C23H19ClN2O2S2/c1-13(2)14-3-5-15(6-4-14)18-11-29-22-20(18)21(28)25-23(26-22)30-12-19(27)16-7-9-17(24)10-8-16/h3-11,13H,12H2,1-2H3,(H,25,26,28). The molecule has 0 unspecified atom stereocenters. The zero-order valence-electron chi connectivity index (χ0n) is 16.4. The van der Waals surface area contributed by atoms with E-state index in [2.05, 4.69) is 35.9 Å². The quantitative estimate of drug-likeness (QED) is 0.208. The molecule has 152 valence electrons. The monoisotopic (exact) mass is 454 g/mol. The van der Waals surface area contributed by atoms with Gasteiger partial charge in [0.05, 0.1) is 11.1 Å². The van der Waals surface area contributed by atoms with E-state index in [0.29, 0.717) is 31.9 Å². The predicted molar refractivity (Wildman–Crippen MR) is 126 cm³/mol. The first-order valence-electron chi connectivity index (χ1n) is 9.46. The Morgan fingerprint density at radius 1 is 1.13 bits per heavy atom. The van der Waals surface area contributed by atoms with Gasteiger partial charge in [0.15, 0.2) is 10.9 Å². The molecular formula is C23H19ClN2O2S2. The maximum atomic E-state index is 12.8. The highest BCUT2D eigenvalue weighted by molar-refractivity contribution is 7.99. The van der Waals surface area contributed by atoms with Crippen LogP contribution in [0.4, 0.5) is 0 Å². The molecule has 7 heteroatoms. The zero-order chi connectivity index (χ0) is 21.3. The summed E-state index contributed by atoms with van der Waals surface area (Å²) in [6.07, 6.45) is 0. The van der Waals surface area contributed by atoms with E-state index in [-0.39, 0.29) is 17.1 Å². The van der Waals surface area contributed by atoms with Crippen LogP contribution in [0.2, 0.25) is 5.02 Å². The first-order chi connectivity index (χ1) is 14.4. The van der Waals surface area contributed by atoms with Crippen LogP contribution in [0.25, 0.3) is 21.3 Å². The number of fused-ring (bicyclic) bond motifs is 1. The summed E-state index contributed by atoms with van der Waals surface area (Å²) in [5.41, 5.74) is 3.53. The minimum atomic E-state index is -0.189. The molecule has 2 aromatic carbocycles. The highest BCUT2D eigenvalue weighted by atomic mass is 35.5. The fourth-order valence-electron chi connectivity index (χ4n) is 3.11. The van der Waals surface area contributed by atoms with Crippen LogP contribution in [-0.2, 0) is 0 Å². The lowest BCUT2D eigenvalue weighted by atomic mass is 9.99. The average Bonchev–Trinajstić information content (AvgIpc) is 3.17. The van der Waals surface area contributed by atoms with Crippen molar-refractivity contribution < 1.29 is 4.79 Å². The molecule has 0 saturated heterocycles. The molecule has 2 aromatic heterocycles. The normalized spacial score (nSPS) is 11.3. The lowest BCUT2D eigenvalue weighted by Crippen LogP contribution is -2.10. The first-order valence-corrected chi connectivity index (χ1v) is 11.7. The van der Waals surface area contributed by atoms with Gasteiger partial charge in [0, 0.05) is 21.5 Å². The van der Waals surface area contributed by atoms with Crippen LogP contribution >= 0.6 is 34.7 Å². The summed E-state index contributed by atoms with van der Waals surface area (Å²) in [5, 5.41) is 3.58. The van der Waals surface area contributed by atoms with Crippen LogP contribution in [0.5, 0.6) is 0 Å². The van der Waals surface area contributed by atoms with Crippen molar-refractivity contribution in [3.8, 4) is 11.1 Å². The van der Waals surface area contributed by atoms with Crippen LogP contribution in [0, 0.1) is 0 Å². The van der Waals surface area contributed by atoms with Gasteiger partial charge in [-0.3, -0.25) is 9.59 Å². The van der Waals surface area contributed by atoms with Crippen LogP contribution < -0.4 is 5.56 Å². The summed E-state index contributed by atoms with van der Waals surface area (Å²) < 4.78 is 0. The smallest absolute Gasteiger partial charge is 0.260 e. The van der Waals surface area contributed by atoms with Gasteiger partial charge in [0.25, 0.3) is 5.56 Å². The summed E-state index contributed by atoms with van der Waals surface area (Å²) in [7, 11) is 0. The molecule has 1 N–H and O–H groups in total. The van der Waals surface area contributed by atoms with E-state index in [1.807, 2.05) is 17.5 Å². The molecule has 0 amide bonds. The Bertz CT molecular complexity index is 1260. The molecule has 0 bridgehead atoms. The molecule has 0 radical (unpaired) electrons. The van der Waals surface area contributed by atoms with E-state index in [9.17, 15) is 9.59 Å². The number of aromatic nitrogens is 2. The van der Waals surface area contributed by atoms with Gasteiger partial charge in [-0.2, -0.15) is 0 Å². The van der Waals surface area contributed by atoms with Gasteiger partial charge in [-0.15, -0.1) is 11.3 Å². The molecule has 4 aromatic rings. The number of thioether (sulfide) groups is 1. The third-order valence-corrected chi connectivity index (χ3v) is 6.81. The SMILES string of the molecule is CC(C)c1ccc(-c2csc3nc(SCC(=O)c4ccc(Cl)cc4)[nH]c(=O)c23)cc1. The van der Waals surface area contributed by atoms with E-state index < -0.39 is 0 Å². The van der Waals surface area contributed by atoms with Crippen LogP contribution in [-0.4, -0.2) is 21.5 Å². The van der Waals surface area contributed by atoms with Crippen molar-refractivity contribution in [1.29, 1.82) is 0 Å². The van der Waals surface area contributed by atoms with Gasteiger partial charge in [-0.05, 0) is 41.3 Å². The molecule has 2 heterocycles. The fraction of sp³-hybridized carbons (Fsp3) is 0.174. The van der Waals surface area contributed by atoms with E-state index in [1.54, 1.807) is 24.3 Å². The van der Waals surface area contributed by atoms with E-state index in [0.717, 1.165) is 11.1 Å². The third kappa shape index (κ3) is 4.36. The number of ketones is 1. The summed E-state index contributed by atoms with van der Waals surface area (Å²) in [4.78, 5) is 33.2. The third-order valence-electron chi connectivity index (χ3n) is 4.82. The van der Waals surface area contributed by atoms with Gasteiger partial charge in [-0.1, -0.05) is 61.5 Å². The molecule has 0 fully saturated rings. The summed E-state index contributed by atoms with van der Waals surface area (Å²) >= 11 is 8.52. The Morgan fingerprint density at radius 3 is 2.50 bits per heavy atom. The Balaban J connectivity index is 1.57. The summed E-state index contributed by atoms with van der Waals surface area (Å²) in [5.74, 6) is 0.598. The molecule has 0 aliphatic carbocycles. The van der Waals surface area contributed by atoms with E-state index >= 15 is 0 Å². The first kappa shape index (κ1) is 20.8. The number of aromatic amines is 1. The van der Waals surface area contributed by atoms with E-state index in [4.69, 9.17) is 11.6 Å². The van der Waals surface area contributed by atoms with Crippen LogP contribution in [0.3, 0.4) is 0 Å². The topological polar surface area (TPSA) is 62.8 Å². The molecule has 0 spiro atoms. The second-order valence-corrected chi connectivity index (χ2v) is 9.45. The Hall–Kier alpha value is -2.41. The largest absolute Gasteiger partial charge is 0.301 e. The van der Waals surface area contributed by atoms with Crippen LogP contribution in [0.15, 0.2) is 63.9 Å². The molecule has 30 heavy (non-hydrogen) atoms. The number of nitrogens with zero attached hydrogens (tertiary/aromatic N) is 1. The molecule has 0 saturated carbocycles. The second-order valence-electron chi connectivity index (χ2n) is 7.20. The van der Waals surface area contributed by atoms with Gasteiger partial charge in [0.2, 0.25) is 0 Å². The maximum Gasteiger partial charge on any atom is 0.260 e. The zero-order valence-corrected chi connectivity index (χ0v) is 18.8. The average molecular weight is 455 g/mol. The molecule has 0 aliphatic rings. The van der Waals surface area contributed by atoms with Gasteiger partial charge in [0.1, 0.15) is 4.83 Å². The number of Topliss-reactive ketones (excluding diaryl/α,β-unsaturated/α-hetero) is 1. The predicted octanol–water partition coefficient (Wildman–Crippen LogP) is 6.40. The minimum Gasteiger partial charge on any atom is -0.301 e. The molecular weight excluding hydrogens is 436 g/mol. The molecule has 4 rings (SSSR count). The van der Waals surface area contributed by atoms with Crippen molar-refractivity contribution in [2.75, 3.05) is 5.75 Å². The Morgan fingerprint density at radius 2 is 1.83 bits per heavy atom. The number of carbonyl (C=O) groups is 1. The highest BCUT2D eigenvalue weighted by Crippen LogP contribution is 2.32. The van der Waals surface area contributed by atoms with Crippen molar-refractivity contribution in [2.45, 2.75) is 24.9 Å². The van der Waals surface area contributed by atoms with Crippen molar-refractivity contribution in [3.05, 3.63) is 80.4 Å². The van der Waals surface area contributed by atoms with Crippen molar-refractivity contribution in [3.63, 3.8) is 0 Å². The van der Waals surface area contributed by atoms with Gasteiger partial charge < -0.3 is 4.98 Å². The second kappa shape index (κ2) is 8.76. The number of thiophene rings is 1. The van der Waals surface area contributed by atoms with Crippen molar-refractivity contribution in [1.82, 2.24) is 9.97 Å².